The summed E-state index contributed by atoms with van der Waals surface area (Å²) < 4.78 is 10.8. The Balaban J connectivity index is 2.09. The van der Waals surface area contributed by atoms with Crippen molar-refractivity contribution < 1.29 is 19.1 Å². The van der Waals surface area contributed by atoms with Gasteiger partial charge in [0, 0.05) is 0 Å². The van der Waals surface area contributed by atoms with Crippen molar-refractivity contribution in [3.63, 3.8) is 0 Å². The summed E-state index contributed by atoms with van der Waals surface area (Å²) in [5, 5.41) is 1.80. The molecule has 19 heavy (non-hydrogen) atoms. The molecule has 0 saturated carbocycles. The Labute approximate surface area is 115 Å². The molecule has 1 atom stereocenters. The van der Waals surface area contributed by atoms with Crippen LogP contribution < -0.4 is 14.8 Å². The van der Waals surface area contributed by atoms with Crippen LogP contribution in [0.5, 0.6) is 11.5 Å². The molecule has 0 radical (unpaired) electrons. The molecule has 5 nitrogen and oxygen atoms in total. The second-order valence-electron chi connectivity index (χ2n) is 4.09. The zero-order valence-electron chi connectivity index (χ0n) is 10.4. The largest absolute Gasteiger partial charge is 0.486 e. The standard InChI is InChI=1S/C13H14ClNO4/c1-8(14)13(17)15-7-10(16)9-3-2-4-11-12(9)19-6-5-18-11/h2-4,8H,5-7H2,1H3,(H,15,17). The summed E-state index contributed by atoms with van der Waals surface area (Å²) in [6, 6.07) is 5.10. The molecule has 0 saturated heterocycles. The number of alkyl halides is 1. The number of ketones is 1. The molecule has 0 aromatic heterocycles. The van der Waals surface area contributed by atoms with Gasteiger partial charge < -0.3 is 14.8 Å². The monoisotopic (exact) mass is 283 g/mol. The summed E-state index contributed by atoms with van der Waals surface area (Å²) in [5.74, 6) is 0.367. The third-order valence-corrected chi connectivity index (χ3v) is 2.85. The molecule has 1 amide bonds. The number of halogens is 1. The molecule has 1 N–H and O–H groups in total. The molecule has 1 aliphatic rings. The average molecular weight is 284 g/mol. The van der Waals surface area contributed by atoms with Crippen molar-refractivity contribution in [1.29, 1.82) is 0 Å². The second kappa shape index (κ2) is 5.93. The molecule has 1 aromatic rings. The quantitative estimate of drug-likeness (QED) is 0.670. The molecular formula is C13H14ClNO4. The topological polar surface area (TPSA) is 64.6 Å². The molecule has 0 spiro atoms. The number of carbonyl (C=O) groups is 2. The number of benzene rings is 1. The van der Waals surface area contributed by atoms with Gasteiger partial charge in [-0.1, -0.05) is 6.07 Å². The Morgan fingerprint density at radius 3 is 2.84 bits per heavy atom. The first-order valence-electron chi connectivity index (χ1n) is 5.93. The van der Waals surface area contributed by atoms with Crippen molar-refractivity contribution in [2.24, 2.45) is 0 Å². The van der Waals surface area contributed by atoms with E-state index >= 15 is 0 Å². The Kier molecular flexibility index (Phi) is 4.27. The van der Waals surface area contributed by atoms with Crippen LogP contribution in [-0.2, 0) is 4.79 Å². The first-order chi connectivity index (χ1) is 9.09. The highest BCUT2D eigenvalue weighted by atomic mass is 35.5. The summed E-state index contributed by atoms with van der Waals surface area (Å²) >= 11 is 5.61. The number of carbonyl (C=O) groups excluding carboxylic acids is 2. The van der Waals surface area contributed by atoms with Crippen LogP contribution in [0.2, 0.25) is 0 Å². The molecule has 0 aliphatic carbocycles. The van der Waals surface area contributed by atoms with E-state index in [1.165, 1.54) is 0 Å². The maximum absolute atomic E-state index is 12.1. The molecular weight excluding hydrogens is 270 g/mol. The molecule has 6 heteroatoms. The predicted octanol–water partition coefficient (Wildman–Crippen LogP) is 1.38. The minimum atomic E-state index is -0.669. The van der Waals surface area contributed by atoms with E-state index in [0.717, 1.165) is 0 Å². The van der Waals surface area contributed by atoms with E-state index in [2.05, 4.69) is 5.32 Å². The Morgan fingerprint density at radius 1 is 1.37 bits per heavy atom. The fraction of sp³-hybridized carbons (Fsp3) is 0.385. The van der Waals surface area contributed by atoms with Gasteiger partial charge in [-0.05, 0) is 19.1 Å². The number of Topliss-reactive ketones (excluding diaryl/α,β-unsaturated/α-hetero) is 1. The number of rotatable bonds is 4. The van der Waals surface area contributed by atoms with Gasteiger partial charge in [-0.2, -0.15) is 0 Å². The van der Waals surface area contributed by atoms with E-state index in [1.54, 1.807) is 25.1 Å². The first kappa shape index (κ1) is 13.7. The smallest absolute Gasteiger partial charge is 0.238 e. The molecule has 1 aliphatic heterocycles. The fourth-order valence-corrected chi connectivity index (χ4v) is 1.77. The molecule has 1 aromatic carbocycles. The maximum Gasteiger partial charge on any atom is 0.238 e. The van der Waals surface area contributed by atoms with Crippen LogP contribution in [0.15, 0.2) is 18.2 Å². The van der Waals surface area contributed by atoms with Crippen LogP contribution in [0.25, 0.3) is 0 Å². The normalized spacial score (nSPS) is 14.6. The third kappa shape index (κ3) is 3.17. The summed E-state index contributed by atoms with van der Waals surface area (Å²) in [6.45, 7) is 2.30. The molecule has 0 fully saturated rings. The molecule has 1 heterocycles. The van der Waals surface area contributed by atoms with Gasteiger partial charge in [-0.15, -0.1) is 11.6 Å². The lowest BCUT2D eigenvalue weighted by Gasteiger charge is -2.20. The van der Waals surface area contributed by atoms with Crippen molar-refractivity contribution in [1.82, 2.24) is 5.32 Å². The van der Waals surface area contributed by atoms with Gasteiger partial charge in [0.05, 0.1) is 12.1 Å². The highest BCUT2D eigenvalue weighted by molar-refractivity contribution is 6.30. The van der Waals surface area contributed by atoms with Gasteiger partial charge in [0.1, 0.15) is 18.6 Å². The van der Waals surface area contributed by atoms with Crippen LogP contribution in [-0.4, -0.2) is 36.8 Å². The van der Waals surface area contributed by atoms with E-state index in [9.17, 15) is 9.59 Å². The van der Waals surface area contributed by atoms with Gasteiger partial charge in [0.25, 0.3) is 0 Å². The summed E-state index contributed by atoms with van der Waals surface area (Å²) in [4.78, 5) is 23.4. The number of hydrogen-bond donors (Lipinski definition) is 1. The lowest BCUT2D eigenvalue weighted by molar-refractivity contribution is -0.120. The highest BCUT2D eigenvalue weighted by Gasteiger charge is 2.20. The van der Waals surface area contributed by atoms with E-state index in [0.29, 0.717) is 30.3 Å². The van der Waals surface area contributed by atoms with Crippen LogP contribution >= 0.6 is 11.6 Å². The van der Waals surface area contributed by atoms with Gasteiger partial charge in [0.15, 0.2) is 17.3 Å². The molecule has 1 unspecified atom stereocenters. The number of ether oxygens (including phenoxy) is 2. The van der Waals surface area contributed by atoms with Crippen molar-refractivity contribution in [2.45, 2.75) is 12.3 Å². The Hall–Kier alpha value is -1.75. The van der Waals surface area contributed by atoms with Crippen molar-refractivity contribution in [3.8, 4) is 11.5 Å². The molecule has 2 rings (SSSR count). The summed E-state index contributed by atoms with van der Waals surface area (Å²) in [7, 11) is 0. The molecule has 0 bridgehead atoms. The lowest BCUT2D eigenvalue weighted by Crippen LogP contribution is -2.34. The number of para-hydroxylation sites is 1. The van der Waals surface area contributed by atoms with Crippen molar-refractivity contribution in [3.05, 3.63) is 23.8 Å². The summed E-state index contributed by atoms with van der Waals surface area (Å²) in [5.41, 5.74) is 0.403. The van der Waals surface area contributed by atoms with Gasteiger partial charge in [0.2, 0.25) is 5.91 Å². The van der Waals surface area contributed by atoms with Crippen LogP contribution in [0.1, 0.15) is 17.3 Å². The SMILES string of the molecule is CC(Cl)C(=O)NCC(=O)c1cccc2c1OCCO2. The summed E-state index contributed by atoms with van der Waals surface area (Å²) in [6.07, 6.45) is 0. The maximum atomic E-state index is 12.1. The van der Waals surface area contributed by atoms with E-state index in [-0.39, 0.29) is 18.2 Å². The van der Waals surface area contributed by atoms with Crippen molar-refractivity contribution >= 4 is 23.3 Å². The number of amides is 1. The van der Waals surface area contributed by atoms with Gasteiger partial charge in [-0.25, -0.2) is 0 Å². The average Bonchev–Trinajstić information content (AvgIpc) is 2.43. The number of hydrogen-bond acceptors (Lipinski definition) is 4. The van der Waals surface area contributed by atoms with E-state index in [1.807, 2.05) is 0 Å². The van der Waals surface area contributed by atoms with Gasteiger partial charge >= 0.3 is 0 Å². The lowest BCUT2D eigenvalue weighted by atomic mass is 10.1. The minimum Gasteiger partial charge on any atom is -0.486 e. The van der Waals surface area contributed by atoms with Crippen LogP contribution in [0.4, 0.5) is 0 Å². The molecule has 102 valence electrons. The number of fused-ring (bicyclic) bond motifs is 1. The highest BCUT2D eigenvalue weighted by Crippen LogP contribution is 2.33. The van der Waals surface area contributed by atoms with E-state index in [4.69, 9.17) is 21.1 Å². The van der Waals surface area contributed by atoms with Crippen LogP contribution in [0.3, 0.4) is 0 Å². The van der Waals surface area contributed by atoms with Crippen molar-refractivity contribution in [2.75, 3.05) is 19.8 Å². The zero-order valence-corrected chi connectivity index (χ0v) is 11.2. The Bertz CT molecular complexity index is 501. The third-order valence-electron chi connectivity index (χ3n) is 2.65. The van der Waals surface area contributed by atoms with E-state index < -0.39 is 5.38 Å². The van der Waals surface area contributed by atoms with Gasteiger partial charge in [-0.3, -0.25) is 9.59 Å². The fourth-order valence-electron chi connectivity index (χ4n) is 1.70. The Morgan fingerprint density at radius 2 is 2.11 bits per heavy atom. The predicted molar refractivity (Wildman–Crippen MR) is 70.1 cm³/mol. The first-order valence-corrected chi connectivity index (χ1v) is 6.37. The number of nitrogens with one attached hydrogen (secondary N) is 1. The zero-order chi connectivity index (χ0) is 13.8. The second-order valence-corrected chi connectivity index (χ2v) is 4.74. The minimum absolute atomic E-state index is 0.115. The van der Waals surface area contributed by atoms with Crippen LogP contribution in [0, 0.1) is 0 Å².